The average Bonchev–Trinajstić information content (AvgIpc) is 2.84. The van der Waals surface area contributed by atoms with E-state index < -0.39 is 55.3 Å². The zero-order valence-corrected chi connectivity index (χ0v) is 22.0. The van der Waals surface area contributed by atoms with Crippen LogP contribution in [0.2, 0.25) is 0 Å². The standard InChI is InChI=1S/C22H21F9O6S2/c1-35-18(36-2,17(32)14-8-6-5-7-9-14)15-10-12-16(13-11-15)38(3,4)37-39(33,34)22(30,31)20(25,26)19(23,24)21(27,28)29/h5-13H,1-4H3. The third-order valence-corrected chi connectivity index (χ3v) is 9.77. The number of carbonyl (C=O) groups is 1. The van der Waals surface area contributed by atoms with E-state index in [9.17, 15) is 52.7 Å². The van der Waals surface area contributed by atoms with Gasteiger partial charge in [0.1, 0.15) is 0 Å². The molecule has 0 aliphatic carbocycles. The Labute approximate surface area is 218 Å². The number of hydrogen-bond acceptors (Lipinski definition) is 6. The van der Waals surface area contributed by atoms with Gasteiger partial charge in [-0.15, -0.1) is 0 Å². The second kappa shape index (κ2) is 10.6. The van der Waals surface area contributed by atoms with Crippen LogP contribution in [0.5, 0.6) is 0 Å². The highest BCUT2D eigenvalue weighted by atomic mass is 32.3. The molecule has 39 heavy (non-hydrogen) atoms. The Morgan fingerprint density at radius 1 is 0.718 bits per heavy atom. The van der Waals surface area contributed by atoms with Gasteiger partial charge in [-0.1, -0.05) is 52.8 Å². The SMILES string of the molecule is COC(OC)(C(=O)c1ccccc1)c1ccc(S(C)(C)OS(=O)(=O)C(F)(F)C(F)(F)C(F)(F)C(F)(F)F)cc1. The molecule has 2 rings (SSSR count). The molecule has 0 aliphatic rings. The Morgan fingerprint density at radius 2 is 1.18 bits per heavy atom. The second-order valence-electron chi connectivity index (χ2n) is 8.16. The zero-order chi connectivity index (χ0) is 30.3. The van der Waals surface area contributed by atoms with E-state index in [1.54, 1.807) is 18.2 Å². The molecule has 6 nitrogen and oxygen atoms in total. The smallest absolute Gasteiger partial charge is 0.343 e. The number of hydrogen-bond donors (Lipinski definition) is 0. The molecule has 0 saturated carbocycles. The first kappa shape index (κ1) is 32.9. The molecule has 0 unspecified atom stereocenters. The van der Waals surface area contributed by atoms with Crippen molar-refractivity contribution >= 4 is 26.2 Å². The van der Waals surface area contributed by atoms with E-state index in [1.807, 2.05) is 0 Å². The third-order valence-electron chi connectivity index (χ3n) is 5.40. The maximum absolute atomic E-state index is 14.1. The molecule has 0 saturated heterocycles. The first-order valence-corrected chi connectivity index (χ1v) is 14.0. The minimum Gasteiger partial charge on any atom is -0.343 e. The molecule has 0 bridgehead atoms. The first-order valence-electron chi connectivity index (χ1n) is 10.3. The van der Waals surface area contributed by atoms with Crippen molar-refractivity contribution in [1.29, 1.82) is 0 Å². The van der Waals surface area contributed by atoms with Gasteiger partial charge in [0, 0.05) is 30.2 Å². The van der Waals surface area contributed by atoms with Crippen LogP contribution in [0.25, 0.3) is 0 Å². The van der Waals surface area contributed by atoms with Gasteiger partial charge in [-0.2, -0.15) is 47.9 Å². The molecule has 2 aromatic rings. The van der Waals surface area contributed by atoms with Crippen molar-refractivity contribution < 1.29 is 65.8 Å². The van der Waals surface area contributed by atoms with Gasteiger partial charge in [-0.3, -0.25) is 4.79 Å². The maximum atomic E-state index is 14.1. The number of carbonyl (C=O) groups excluding carboxylic acids is 1. The van der Waals surface area contributed by atoms with Crippen molar-refractivity contribution in [3.05, 3.63) is 65.7 Å². The van der Waals surface area contributed by atoms with E-state index >= 15 is 0 Å². The van der Waals surface area contributed by atoms with E-state index in [0.29, 0.717) is 0 Å². The highest BCUT2D eigenvalue weighted by Crippen LogP contribution is 2.59. The van der Waals surface area contributed by atoms with Crippen LogP contribution in [0.4, 0.5) is 39.5 Å². The average molecular weight is 617 g/mol. The fourth-order valence-corrected chi connectivity index (χ4v) is 6.92. The van der Waals surface area contributed by atoms with Gasteiger partial charge >= 0.3 is 33.4 Å². The van der Waals surface area contributed by atoms with Crippen LogP contribution in [0.15, 0.2) is 59.5 Å². The molecule has 0 radical (unpaired) electrons. The summed E-state index contributed by atoms with van der Waals surface area (Å²) in [7, 11) is -8.42. The number of halogens is 9. The summed E-state index contributed by atoms with van der Waals surface area (Å²) in [5.74, 6) is -17.6. The van der Waals surface area contributed by atoms with E-state index in [2.05, 4.69) is 3.63 Å². The number of alkyl halides is 9. The topological polar surface area (TPSA) is 78.9 Å². The minimum absolute atomic E-state index is 0.00448. The van der Waals surface area contributed by atoms with Crippen molar-refractivity contribution in [2.75, 3.05) is 26.7 Å². The summed E-state index contributed by atoms with van der Waals surface area (Å²) < 4.78 is 158. The Morgan fingerprint density at radius 3 is 1.59 bits per heavy atom. The third kappa shape index (κ3) is 5.51. The molecule has 0 aliphatic heterocycles. The summed E-state index contributed by atoms with van der Waals surface area (Å²) in [6.07, 6.45) is -5.56. The normalized spacial score (nSPS) is 14.8. The Bertz CT molecular complexity index is 1280. The number of ether oxygens (including phenoxy) is 2. The molecule has 0 aromatic heterocycles. The van der Waals surface area contributed by atoms with Crippen molar-refractivity contribution in [3.63, 3.8) is 0 Å². The monoisotopic (exact) mass is 616 g/mol. The van der Waals surface area contributed by atoms with Gasteiger partial charge in [-0.25, -0.2) is 3.63 Å². The van der Waals surface area contributed by atoms with Gasteiger partial charge < -0.3 is 9.47 Å². The highest BCUT2D eigenvalue weighted by Gasteiger charge is 2.86. The van der Waals surface area contributed by atoms with Crippen LogP contribution in [0.3, 0.4) is 0 Å². The molecule has 0 fully saturated rings. The quantitative estimate of drug-likeness (QED) is 0.172. The van der Waals surface area contributed by atoms with Gasteiger partial charge in [0.2, 0.25) is 5.78 Å². The first-order chi connectivity index (χ1) is 17.6. The highest BCUT2D eigenvalue weighted by molar-refractivity contribution is 8.32. The maximum Gasteiger partial charge on any atom is 0.460 e. The molecular weight excluding hydrogens is 595 g/mol. The lowest BCUT2D eigenvalue weighted by Gasteiger charge is -2.36. The number of Topliss-reactive ketones (excluding diaryl/α,β-unsaturated/α-hetero) is 1. The predicted molar refractivity (Wildman–Crippen MR) is 122 cm³/mol. The molecule has 0 spiro atoms. The summed E-state index contributed by atoms with van der Waals surface area (Å²) in [5.41, 5.74) is 0.161. The lowest BCUT2D eigenvalue weighted by atomic mass is 9.96. The molecular formula is C22H21F9O6S2. The van der Waals surface area contributed by atoms with Crippen molar-refractivity contribution in [3.8, 4) is 0 Å². The van der Waals surface area contributed by atoms with Crippen molar-refractivity contribution in [2.45, 2.75) is 34.0 Å². The van der Waals surface area contributed by atoms with Gasteiger partial charge in [0.15, 0.2) is 0 Å². The van der Waals surface area contributed by atoms with Gasteiger partial charge in [-0.05, 0) is 24.6 Å². The van der Waals surface area contributed by atoms with E-state index in [4.69, 9.17) is 9.47 Å². The number of benzene rings is 2. The van der Waals surface area contributed by atoms with Crippen LogP contribution in [-0.2, 0) is 29.0 Å². The lowest BCUT2D eigenvalue weighted by molar-refractivity contribution is -0.382. The van der Waals surface area contributed by atoms with Crippen LogP contribution >= 0.6 is 10.3 Å². The zero-order valence-electron chi connectivity index (χ0n) is 20.4. The summed E-state index contributed by atoms with van der Waals surface area (Å²) in [4.78, 5) is 12.8. The second-order valence-corrected chi connectivity index (χ2v) is 13.1. The summed E-state index contributed by atoms with van der Waals surface area (Å²) >= 11 is 0. The van der Waals surface area contributed by atoms with Crippen LogP contribution in [-0.4, -0.2) is 64.2 Å². The van der Waals surface area contributed by atoms with Crippen LogP contribution in [0.1, 0.15) is 15.9 Å². The molecule has 0 atom stereocenters. The van der Waals surface area contributed by atoms with Crippen LogP contribution in [0, 0.1) is 0 Å². The largest absolute Gasteiger partial charge is 0.460 e. The number of rotatable bonds is 11. The molecule has 0 N–H and O–H groups in total. The summed E-state index contributed by atoms with van der Waals surface area (Å²) in [6, 6.07) is 11.9. The molecule has 0 heterocycles. The molecule has 17 heteroatoms. The predicted octanol–water partition coefficient (Wildman–Crippen LogP) is 6.13. The lowest BCUT2D eigenvalue weighted by Crippen LogP contribution is -2.63. The summed E-state index contributed by atoms with van der Waals surface area (Å²) in [5, 5.41) is -6.99. The van der Waals surface area contributed by atoms with E-state index in [-0.39, 0.29) is 16.0 Å². The van der Waals surface area contributed by atoms with E-state index in [0.717, 1.165) is 51.0 Å². The minimum atomic E-state index is -7.43. The van der Waals surface area contributed by atoms with Gasteiger partial charge in [0.25, 0.3) is 5.79 Å². The number of ketones is 1. The van der Waals surface area contributed by atoms with Crippen LogP contribution < -0.4 is 0 Å². The fourth-order valence-electron chi connectivity index (χ4n) is 3.24. The van der Waals surface area contributed by atoms with Crippen molar-refractivity contribution in [1.82, 2.24) is 0 Å². The molecule has 2 aromatic carbocycles. The number of methoxy groups -OCH3 is 2. The van der Waals surface area contributed by atoms with E-state index in [1.165, 1.54) is 12.1 Å². The Balaban J connectivity index is 2.46. The molecule has 0 amide bonds. The fraction of sp³-hybridized carbons (Fsp3) is 0.409. The Kier molecular flexibility index (Phi) is 8.91. The Hall–Kier alpha value is -2.34. The summed E-state index contributed by atoms with van der Waals surface area (Å²) in [6.45, 7) is 0. The molecule has 220 valence electrons. The van der Waals surface area contributed by atoms with Gasteiger partial charge in [0.05, 0.1) is 0 Å². The van der Waals surface area contributed by atoms with Crippen molar-refractivity contribution in [2.24, 2.45) is 0 Å².